The van der Waals surface area contributed by atoms with Crippen LogP contribution in [0.4, 0.5) is 0 Å². The van der Waals surface area contributed by atoms with Crippen LogP contribution in [-0.4, -0.2) is 43.5 Å². The fourth-order valence-electron chi connectivity index (χ4n) is 2.31. The topological polar surface area (TPSA) is 58.6 Å². The molecule has 0 bridgehead atoms. The molecule has 1 aliphatic heterocycles. The largest absolute Gasteiger partial charge is 0.383 e. The summed E-state index contributed by atoms with van der Waals surface area (Å²) in [6, 6.07) is 3.72. The van der Waals surface area contributed by atoms with Crippen LogP contribution in [0, 0.1) is 5.92 Å². The predicted octanol–water partition coefficient (Wildman–Crippen LogP) is 1.90. The zero-order valence-corrected chi connectivity index (χ0v) is 13.5. The van der Waals surface area contributed by atoms with E-state index < -0.39 is 0 Å². The van der Waals surface area contributed by atoms with Gasteiger partial charge in [-0.25, -0.2) is 0 Å². The normalized spacial score (nSPS) is 18.9. The number of piperidine rings is 1. The van der Waals surface area contributed by atoms with Gasteiger partial charge in [-0.15, -0.1) is 11.3 Å². The standard InChI is InChI=1S/C14H19ClN2O3S/c1-20-7-6-17-9-10(2-5-13(17)18)14(19)16-8-11-3-4-12(15)21-11/h3-4,10H,2,5-9H2,1H3,(H,16,19)/t10-/m0/s1. The Morgan fingerprint density at radius 2 is 2.38 bits per heavy atom. The van der Waals surface area contributed by atoms with Crippen molar-refractivity contribution in [2.45, 2.75) is 19.4 Å². The molecule has 7 heteroatoms. The van der Waals surface area contributed by atoms with Crippen molar-refractivity contribution in [1.29, 1.82) is 0 Å². The Hall–Kier alpha value is -1.11. The molecule has 0 aliphatic carbocycles. The minimum atomic E-state index is -0.144. The molecular weight excluding hydrogens is 312 g/mol. The molecule has 0 unspecified atom stereocenters. The van der Waals surface area contributed by atoms with Gasteiger partial charge in [-0.2, -0.15) is 0 Å². The molecule has 1 aliphatic rings. The van der Waals surface area contributed by atoms with Gasteiger partial charge < -0.3 is 15.0 Å². The molecule has 0 aromatic carbocycles. The lowest BCUT2D eigenvalue weighted by Crippen LogP contribution is -2.46. The van der Waals surface area contributed by atoms with Crippen LogP contribution >= 0.6 is 22.9 Å². The maximum Gasteiger partial charge on any atom is 0.225 e. The molecule has 1 aromatic heterocycles. The molecule has 2 amide bonds. The Balaban J connectivity index is 1.82. The van der Waals surface area contributed by atoms with Gasteiger partial charge >= 0.3 is 0 Å². The Morgan fingerprint density at radius 1 is 1.57 bits per heavy atom. The second-order valence-corrected chi connectivity index (χ2v) is 6.79. The highest BCUT2D eigenvalue weighted by Crippen LogP contribution is 2.22. The van der Waals surface area contributed by atoms with E-state index in [1.54, 1.807) is 12.0 Å². The molecule has 1 saturated heterocycles. The summed E-state index contributed by atoms with van der Waals surface area (Å²) in [5.41, 5.74) is 0. The van der Waals surface area contributed by atoms with Gasteiger partial charge in [0, 0.05) is 31.5 Å². The van der Waals surface area contributed by atoms with E-state index in [4.69, 9.17) is 16.3 Å². The summed E-state index contributed by atoms with van der Waals surface area (Å²) < 4.78 is 5.71. The van der Waals surface area contributed by atoms with E-state index in [9.17, 15) is 9.59 Å². The smallest absolute Gasteiger partial charge is 0.225 e. The number of hydrogen-bond donors (Lipinski definition) is 1. The number of rotatable bonds is 6. The van der Waals surface area contributed by atoms with E-state index in [0.717, 1.165) is 4.88 Å². The molecule has 1 fully saturated rings. The zero-order chi connectivity index (χ0) is 15.2. The van der Waals surface area contributed by atoms with Crippen LogP contribution < -0.4 is 5.32 Å². The highest BCUT2D eigenvalue weighted by atomic mass is 35.5. The van der Waals surface area contributed by atoms with Crippen LogP contribution in [0.5, 0.6) is 0 Å². The van der Waals surface area contributed by atoms with Crippen LogP contribution in [0.25, 0.3) is 0 Å². The summed E-state index contributed by atoms with van der Waals surface area (Å²) in [5.74, 6) is -0.0504. The van der Waals surface area contributed by atoms with Crippen molar-refractivity contribution in [3.8, 4) is 0 Å². The number of thiophene rings is 1. The molecule has 116 valence electrons. The summed E-state index contributed by atoms with van der Waals surface area (Å²) in [6.45, 7) is 1.99. The van der Waals surface area contributed by atoms with Crippen LogP contribution in [-0.2, 0) is 20.9 Å². The first kappa shape index (κ1) is 16.3. The number of halogens is 1. The molecule has 1 atom stereocenters. The summed E-state index contributed by atoms with van der Waals surface area (Å²) in [6.07, 6.45) is 1.03. The van der Waals surface area contributed by atoms with Gasteiger partial charge in [-0.05, 0) is 18.6 Å². The van der Waals surface area contributed by atoms with Crippen molar-refractivity contribution in [2.24, 2.45) is 5.92 Å². The van der Waals surface area contributed by atoms with Gasteiger partial charge in [0.05, 0.1) is 23.4 Å². The third kappa shape index (κ3) is 4.69. The molecular formula is C14H19ClN2O3S. The van der Waals surface area contributed by atoms with Crippen LogP contribution in [0.3, 0.4) is 0 Å². The summed E-state index contributed by atoms with van der Waals surface area (Å²) in [5, 5.41) is 2.92. The first-order chi connectivity index (χ1) is 10.1. The second kappa shape index (κ2) is 7.77. The number of methoxy groups -OCH3 is 1. The Kier molecular flexibility index (Phi) is 6.02. The zero-order valence-electron chi connectivity index (χ0n) is 11.9. The van der Waals surface area contributed by atoms with Gasteiger partial charge in [-0.3, -0.25) is 9.59 Å². The molecule has 1 N–H and O–H groups in total. The van der Waals surface area contributed by atoms with Gasteiger partial charge in [0.1, 0.15) is 0 Å². The quantitative estimate of drug-likeness (QED) is 0.866. The van der Waals surface area contributed by atoms with Gasteiger partial charge in [0.25, 0.3) is 0 Å². The molecule has 0 radical (unpaired) electrons. The Bertz CT molecular complexity index is 506. The van der Waals surface area contributed by atoms with Crippen molar-refractivity contribution >= 4 is 34.8 Å². The average Bonchev–Trinajstić information content (AvgIpc) is 2.89. The maximum atomic E-state index is 12.2. The molecule has 0 spiro atoms. The molecule has 2 heterocycles. The van der Waals surface area contributed by atoms with Gasteiger partial charge in [-0.1, -0.05) is 11.6 Å². The van der Waals surface area contributed by atoms with Crippen LogP contribution in [0.2, 0.25) is 4.34 Å². The number of amides is 2. The average molecular weight is 331 g/mol. The van der Waals surface area contributed by atoms with Crippen molar-refractivity contribution in [3.63, 3.8) is 0 Å². The van der Waals surface area contributed by atoms with Crippen molar-refractivity contribution in [1.82, 2.24) is 10.2 Å². The number of nitrogens with zero attached hydrogens (tertiary/aromatic N) is 1. The molecule has 21 heavy (non-hydrogen) atoms. The van der Waals surface area contributed by atoms with Gasteiger partial charge in [0.15, 0.2) is 0 Å². The lowest BCUT2D eigenvalue weighted by molar-refractivity contribution is -0.138. The monoisotopic (exact) mass is 330 g/mol. The van der Waals surface area contributed by atoms with Crippen molar-refractivity contribution in [2.75, 3.05) is 26.8 Å². The lowest BCUT2D eigenvalue weighted by atomic mass is 9.96. The third-order valence-corrected chi connectivity index (χ3v) is 4.73. The lowest BCUT2D eigenvalue weighted by Gasteiger charge is -2.31. The summed E-state index contributed by atoms with van der Waals surface area (Å²) in [4.78, 5) is 26.7. The van der Waals surface area contributed by atoms with Crippen molar-refractivity contribution < 1.29 is 14.3 Å². The fourth-order valence-corrected chi connectivity index (χ4v) is 3.34. The van der Waals surface area contributed by atoms with E-state index in [1.807, 2.05) is 12.1 Å². The van der Waals surface area contributed by atoms with E-state index in [0.29, 0.717) is 43.4 Å². The first-order valence-corrected chi connectivity index (χ1v) is 8.08. The second-order valence-electron chi connectivity index (χ2n) is 4.99. The number of nitrogens with one attached hydrogen (secondary N) is 1. The molecule has 1 aromatic rings. The minimum absolute atomic E-state index is 0.00515. The Labute approximate surface area is 133 Å². The predicted molar refractivity (Wildman–Crippen MR) is 82.4 cm³/mol. The van der Waals surface area contributed by atoms with Crippen LogP contribution in [0.15, 0.2) is 12.1 Å². The SMILES string of the molecule is COCCN1C[C@@H](C(=O)NCc2ccc(Cl)s2)CCC1=O. The molecule has 5 nitrogen and oxygen atoms in total. The van der Waals surface area contributed by atoms with E-state index in [2.05, 4.69) is 5.32 Å². The summed E-state index contributed by atoms with van der Waals surface area (Å²) >= 11 is 7.32. The fraction of sp³-hybridized carbons (Fsp3) is 0.571. The summed E-state index contributed by atoms with van der Waals surface area (Å²) in [7, 11) is 1.60. The molecule has 2 rings (SSSR count). The minimum Gasteiger partial charge on any atom is -0.383 e. The molecule has 0 saturated carbocycles. The highest BCUT2D eigenvalue weighted by molar-refractivity contribution is 7.16. The van der Waals surface area contributed by atoms with E-state index in [1.165, 1.54) is 11.3 Å². The first-order valence-electron chi connectivity index (χ1n) is 6.88. The number of hydrogen-bond acceptors (Lipinski definition) is 4. The Morgan fingerprint density at radius 3 is 3.05 bits per heavy atom. The van der Waals surface area contributed by atoms with E-state index >= 15 is 0 Å². The van der Waals surface area contributed by atoms with Crippen LogP contribution in [0.1, 0.15) is 17.7 Å². The van der Waals surface area contributed by atoms with Gasteiger partial charge in [0.2, 0.25) is 11.8 Å². The third-order valence-electron chi connectivity index (χ3n) is 3.50. The maximum absolute atomic E-state index is 12.2. The number of carbonyl (C=O) groups excluding carboxylic acids is 2. The van der Waals surface area contributed by atoms with Crippen molar-refractivity contribution in [3.05, 3.63) is 21.3 Å². The highest BCUT2D eigenvalue weighted by Gasteiger charge is 2.29. The van der Waals surface area contributed by atoms with E-state index in [-0.39, 0.29) is 17.7 Å². The number of ether oxygens (including phenoxy) is 1. The number of likely N-dealkylation sites (tertiary alicyclic amines) is 1. The number of carbonyl (C=O) groups is 2.